The van der Waals surface area contributed by atoms with Crippen LogP contribution >= 0.6 is 0 Å². The maximum Gasteiger partial charge on any atom is 0.322 e. The van der Waals surface area contributed by atoms with Gasteiger partial charge in [-0.2, -0.15) is 4.31 Å². The summed E-state index contributed by atoms with van der Waals surface area (Å²) in [5.41, 5.74) is 0.591. The Kier molecular flexibility index (Phi) is 3.88. The van der Waals surface area contributed by atoms with Crippen LogP contribution in [-0.2, 0) is 20.6 Å². The molecule has 0 saturated carbocycles. The Morgan fingerprint density at radius 3 is 2.53 bits per heavy atom. The van der Waals surface area contributed by atoms with Crippen LogP contribution in [0, 0.1) is 0 Å². The summed E-state index contributed by atoms with van der Waals surface area (Å²) < 4.78 is 25.3. The third-order valence-electron chi connectivity index (χ3n) is 3.07. The highest BCUT2D eigenvalue weighted by atomic mass is 32.2. The van der Waals surface area contributed by atoms with Crippen LogP contribution < -0.4 is 0 Å². The lowest BCUT2D eigenvalue weighted by atomic mass is 10.2. The molecule has 104 valence electrons. The summed E-state index contributed by atoms with van der Waals surface area (Å²) in [5.74, 6) is -1.49. The smallest absolute Gasteiger partial charge is 0.322 e. The standard InChI is InChI=1S/C12H15NO5S/c14-10-6-11(12(15)16)13(7-10)19(17,18)8-9-4-2-1-3-5-9/h1-5,10-11,14H,6-8H2,(H,15,16)/t10-,11-/m1/s1. The molecular weight excluding hydrogens is 270 g/mol. The number of sulfonamides is 1. The van der Waals surface area contributed by atoms with E-state index in [1.54, 1.807) is 30.3 Å². The second-order valence-electron chi connectivity index (χ2n) is 4.56. The zero-order valence-electron chi connectivity index (χ0n) is 10.1. The first-order valence-electron chi connectivity index (χ1n) is 5.84. The molecule has 1 saturated heterocycles. The molecule has 2 rings (SSSR count). The fourth-order valence-corrected chi connectivity index (χ4v) is 3.93. The minimum absolute atomic E-state index is 0.0661. The van der Waals surface area contributed by atoms with Crippen molar-refractivity contribution in [3.8, 4) is 0 Å². The summed E-state index contributed by atoms with van der Waals surface area (Å²) in [7, 11) is -3.75. The Balaban J connectivity index is 2.22. The predicted molar refractivity (Wildman–Crippen MR) is 67.8 cm³/mol. The van der Waals surface area contributed by atoms with Crippen LogP contribution in [-0.4, -0.2) is 47.6 Å². The Morgan fingerprint density at radius 2 is 1.95 bits per heavy atom. The third kappa shape index (κ3) is 3.12. The maximum atomic E-state index is 12.2. The summed E-state index contributed by atoms with van der Waals surface area (Å²) in [6.45, 7) is -0.161. The average Bonchev–Trinajstić information content (AvgIpc) is 2.73. The van der Waals surface area contributed by atoms with Gasteiger partial charge in [-0.1, -0.05) is 30.3 Å². The fourth-order valence-electron chi connectivity index (χ4n) is 2.18. The van der Waals surface area contributed by atoms with Crippen molar-refractivity contribution in [3.63, 3.8) is 0 Å². The van der Waals surface area contributed by atoms with Gasteiger partial charge in [-0.05, 0) is 5.56 Å². The summed E-state index contributed by atoms with van der Waals surface area (Å²) >= 11 is 0. The lowest BCUT2D eigenvalue weighted by Crippen LogP contribution is -2.41. The van der Waals surface area contributed by atoms with Crippen molar-refractivity contribution in [2.75, 3.05) is 6.54 Å². The monoisotopic (exact) mass is 285 g/mol. The minimum atomic E-state index is -3.75. The van der Waals surface area contributed by atoms with E-state index in [1.807, 2.05) is 0 Å². The highest BCUT2D eigenvalue weighted by Gasteiger charge is 2.42. The molecule has 7 heteroatoms. The molecule has 1 aliphatic heterocycles. The lowest BCUT2D eigenvalue weighted by Gasteiger charge is -2.20. The topological polar surface area (TPSA) is 94.9 Å². The Bertz CT molecular complexity index is 557. The van der Waals surface area contributed by atoms with Crippen LogP contribution in [0.4, 0.5) is 0 Å². The zero-order valence-corrected chi connectivity index (χ0v) is 11.0. The van der Waals surface area contributed by atoms with Crippen LogP contribution in [0.25, 0.3) is 0 Å². The van der Waals surface area contributed by atoms with Gasteiger partial charge < -0.3 is 10.2 Å². The number of hydrogen-bond donors (Lipinski definition) is 2. The van der Waals surface area contributed by atoms with Crippen molar-refractivity contribution in [1.29, 1.82) is 0 Å². The quantitative estimate of drug-likeness (QED) is 0.814. The minimum Gasteiger partial charge on any atom is -0.480 e. The Hall–Kier alpha value is -1.44. The third-order valence-corrected chi connectivity index (χ3v) is 4.88. The van der Waals surface area contributed by atoms with E-state index in [-0.39, 0.29) is 18.7 Å². The molecule has 0 unspecified atom stereocenters. The lowest BCUT2D eigenvalue weighted by molar-refractivity contribution is -0.140. The first kappa shape index (κ1) is 14.0. The van der Waals surface area contributed by atoms with Gasteiger partial charge in [0.2, 0.25) is 10.0 Å². The van der Waals surface area contributed by atoms with Gasteiger partial charge >= 0.3 is 5.97 Å². The number of aliphatic hydroxyl groups is 1. The van der Waals surface area contributed by atoms with E-state index in [0.717, 1.165) is 4.31 Å². The molecule has 0 radical (unpaired) electrons. The molecule has 1 heterocycles. The molecule has 2 atom stereocenters. The number of aliphatic carboxylic acids is 1. The maximum absolute atomic E-state index is 12.2. The molecule has 1 aromatic rings. The molecule has 19 heavy (non-hydrogen) atoms. The molecule has 1 aliphatic rings. The van der Waals surface area contributed by atoms with Crippen LogP contribution in [0.15, 0.2) is 30.3 Å². The molecular formula is C12H15NO5S. The van der Waals surface area contributed by atoms with E-state index < -0.39 is 28.1 Å². The summed E-state index contributed by atoms with van der Waals surface area (Å²) in [6.07, 6.45) is -0.991. The highest BCUT2D eigenvalue weighted by molar-refractivity contribution is 7.88. The Labute approximate surface area is 111 Å². The van der Waals surface area contributed by atoms with Gasteiger partial charge in [0, 0.05) is 13.0 Å². The van der Waals surface area contributed by atoms with Crippen molar-refractivity contribution in [1.82, 2.24) is 4.31 Å². The normalized spacial score (nSPS) is 24.5. The van der Waals surface area contributed by atoms with Gasteiger partial charge in [0.05, 0.1) is 11.9 Å². The first-order valence-corrected chi connectivity index (χ1v) is 7.45. The van der Waals surface area contributed by atoms with E-state index in [4.69, 9.17) is 5.11 Å². The van der Waals surface area contributed by atoms with Crippen LogP contribution in [0.2, 0.25) is 0 Å². The number of benzene rings is 1. The van der Waals surface area contributed by atoms with E-state index in [2.05, 4.69) is 0 Å². The molecule has 0 spiro atoms. The van der Waals surface area contributed by atoms with Crippen LogP contribution in [0.3, 0.4) is 0 Å². The second-order valence-corrected chi connectivity index (χ2v) is 6.48. The van der Waals surface area contributed by atoms with Crippen molar-refractivity contribution >= 4 is 16.0 Å². The number of hydrogen-bond acceptors (Lipinski definition) is 4. The van der Waals surface area contributed by atoms with Crippen molar-refractivity contribution < 1.29 is 23.4 Å². The SMILES string of the molecule is O=C(O)[C@H]1C[C@@H](O)CN1S(=O)(=O)Cc1ccccc1. The summed E-state index contributed by atoms with van der Waals surface area (Å²) in [4.78, 5) is 11.0. The van der Waals surface area contributed by atoms with E-state index in [0.29, 0.717) is 5.56 Å². The van der Waals surface area contributed by atoms with E-state index >= 15 is 0 Å². The highest BCUT2D eigenvalue weighted by Crippen LogP contribution is 2.24. The number of rotatable bonds is 4. The van der Waals surface area contributed by atoms with Gasteiger partial charge in [-0.15, -0.1) is 0 Å². The van der Waals surface area contributed by atoms with E-state index in [1.165, 1.54) is 0 Å². The predicted octanol–water partition coefficient (Wildman–Crippen LogP) is 0.0362. The number of β-amino-alcohol motifs (C(OH)–C–C–N with tert-alkyl or cyclic N) is 1. The molecule has 1 aromatic carbocycles. The largest absolute Gasteiger partial charge is 0.480 e. The van der Waals surface area contributed by atoms with Crippen molar-refractivity contribution in [3.05, 3.63) is 35.9 Å². The number of carboxylic acid groups (broad SMARTS) is 1. The fraction of sp³-hybridized carbons (Fsp3) is 0.417. The number of carbonyl (C=O) groups is 1. The number of carboxylic acids is 1. The molecule has 0 bridgehead atoms. The molecule has 6 nitrogen and oxygen atoms in total. The number of aliphatic hydroxyl groups excluding tert-OH is 1. The molecule has 1 fully saturated rings. The van der Waals surface area contributed by atoms with Crippen LogP contribution in [0.1, 0.15) is 12.0 Å². The summed E-state index contributed by atoms with van der Waals surface area (Å²) in [5, 5.41) is 18.5. The van der Waals surface area contributed by atoms with Gasteiger partial charge in [0.1, 0.15) is 6.04 Å². The van der Waals surface area contributed by atoms with Gasteiger partial charge in [-0.25, -0.2) is 8.42 Å². The van der Waals surface area contributed by atoms with Gasteiger partial charge in [0.25, 0.3) is 0 Å². The molecule has 0 aromatic heterocycles. The first-order chi connectivity index (χ1) is 8.90. The second kappa shape index (κ2) is 5.28. The van der Waals surface area contributed by atoms with Gasteiger partial charge in [0.15, 0.2) is 0 Å². The van der Waals surface area contributed by atoms with Crippen molar-refractivity contribution in [2.24, 2.45) is 0 Å². The zero-order chi connectivity index (χ0) is 14.0. The van der Waals surface area contributed by atoms with E-state index in [9.17, 15) is 18.3 Å². The Morgan fingerprint density at radius 1 is 1.32 bits per heavy atom. The van der Waals surface area contributed by atoms with Crippen LogP contribution in [0.5, 0.6) is 0 Å². The van der Waals surface area contributed by atoms with Crippen molar-refractivity contribution in [2.45, 2.75) is 24.3 Å². The molecule has 0 aliphatic carbocycles. The number of nitrogens with zero attached hydrogens (tertiary/aromatic N) is 1. The average molecular weight is 285 g/mol. The molecule has 0 amide bonds. The summed E-state index contributed by atoms with van der Waals surface area (Å²) in [6, 6.07) is 7.37. The van der Waals surface area contributed by atoms with Gasteiger partial charge in [-0.3, -0.25) is 4.79 Å². The molecule has 2 N–H and O–H groups in total.